The molecule has 1 aliphatic heterocycles. The van der Waals surface area contributed by atoms with Gasteiger partial charge in [-0.15, -0.1) is 0 Å². The summed E-state index contributed by atoms with van der Waals surface area (Å²) in [5.74, 6) is 0.769. The van der Waals surface area contributed by atoms with E-state index < -0.39 is 5.54 Å². The second kappa shape index (κ2) is 8.00. The van der Waals surface area contributed by atoms with E-state index in [0.29, 0.717) is 0 Å². The van der Waals surface area contributed by atoms with Gasteiger partial charge in [0.1, 0.15) is 11.9 Å². The fourth-order valence-electron chi connectivity index (χ4n) is 3.45. The maximum Gasteiger partial charge on any atom is 0.283 e. The van der Waals surface area contributed by atoms with Crippen LogP contribution in [0.5, 0.6) is 5.75 Å². The van der Waals surface area contributed by atoms with E-state index in [0.717, 1.165) is 28.0 Å². The smallest absolute Gasteiger partial charge is 0.283 e. The number of methoxy groups -OCH3 is 1. The molecule has 0 amide bonds. The van der Waals surface area contributed by atoms with Gasteiger partial charge in [-0.05, 0) is 41.8 Å². The van der Waals surface area contributed by atoms with Gasteiger partial charge in [-0.25, -0.2) is 4.99 Å². The molecule has 144 valence electrons. The van der Waals surface area contributed by atoms with Gasteiger partial charge in [-0.2, -0.15) is 0 Å². The van der Waals surface area contributed by atoms with Crippen molar-refractivity contribution in [3.63, 3.8) is 0 Å². The number of allylic oxidation sites excluding steroid dienone is 1. The molecule has 6 nitrogen and oxygen atoms in total. The molecule has 3 rings (SSSR count). The second-order valence-electron chi connectivity index (χ2n) is 6.37. The molecular formula is C22H24N4O2. The van der Waals surface area contributed by atoms with Crippen LogP contribution in [0.15, 0.2) is 77.5 Å². The molecule has 2 aromatic carbocycles. The van der Waals surface area contributed by atoms with Gasteiger partial charge in [0, 0.05) is 24.2 Å². The normalized spacial score (nSPS) is 22.0. The summed E-state index contributed by atoms with van der Waals surface area (Å²) in [5, 5.41) is 0. The highest BCUT2D eigenvalue weighted by Crippen LogP contribution is 2.43. The van der Waals surface area contributed by atoms with Crippen molar-refractivity contribution in [3.05, 3.63) is 84.2 Å². The molecule has 1 heterocycles. The molecule has 0 bridgehead atoms. The molecule has 0 spiro atoms. The number of aliphatic imine (C=N–C) groups is 2. The van der Waals surface area contributed by atoms with E-state index in [1.165, 1.54) is 12.4 Å². The maximum atomic E-state index is 5.96. The molecule has 6 heteroatoms. The highest BCUT2D eigenvalue weighted by atomic mass is 16.5. The largest absolute Gasteiger partial charge is 0.497 e. The number of hydrogen-bond acceptors (Lipinski definition) is 6. The number of hydrogen-bond donors (Lipinski definition) is 2. The summed E-state index contributed by atoms with van der Waals surface area (Å²) in [6.45, 7) is 5.56. The number of nitrogens with zero attached hydrogens (tertiary/aromatic N) is 2. The standard InChI is InChI=1S/C22H24N4O2/c1-4-25-14-17(13-23)16-6-5-7-19(12-16)22(15(2)28-21(24)26-22)18-8-10-20(27-3)11-9-18/h4-15H,1,23H2,2-3H3,(H2,24,26)/b17-13+,25-14-. The van der Waals surface area contributed by atoms with Crippen LogP contribution < -0.4 is 16.2 Å². The summed E-state index contributed by atoms with van der Waals surface area (Å²) in [6, 6.07) is 15.9. The van der Waals surface area contributed by atoms with Crippen LogP contribution in [0.4, 0.5) is 0 Å². The Hall–Kier alpha value is -3.54. The monoisotopic (exact) mass is 376 g/mol. The number of amidine groups is 1. The molecule has 0 fully saturated rings. The van der Waals surface area contributed by atoms with Crippen LogP contribution in [0.25, 0.3) is 5.57 Å². The van der Waals surface area contributed by atoms with E-state index in [4.69, 9.17) is 25.9 Å². The van der Waals surface area contributed by atoms with Gasteiger partial charge in [-0.1, -0.05) is 36.9 Å². The predicted molar refractivity (Wildman–Crippen MR) is 113 cm³/mol. The first-order valence-electron chi connectivity index (χ1n) is 8.88. The van der Waals surface area contributed by atoms with Crippen LogP contribution in [0.2, 0.25) is 0 Å². The molecule has 0 saturated carbocycles. The third kappa shape index (κ3) is 3.36. The zero-order valence-corrected chi connectivity index (χ0v) is 16.0. The molecule has 0 aliphatic carbocycles. The van der Waals surface area contributed by atoms with E-state index in [9.17, 15) is 0 Å². The average Bonchev–Trinajstić information content (AvgIpc) is 3.03. The van der Waals surface area contributed by atoms with Gasteiger partial charge >= 0.3 is 0 Å². The molecule has 1 aliphatic rings. The molecule has 4 N–H and O–H groups in total. The Kier molecular flexibility index (Phi) is 5.49. The second-order valence-corrected chi connectivity index (χ2v) is 6.37. The maximum absolute atomic E-state index is 5.96. The Bertz CT molecular complexity index is 947. The van der Waals surface area contributed by atoms with Crippen LogP contribution in [0.1, 0.15) is 23.6 Å². The Morgan fingerprint density at radius 3 is 2.57 bits per heavy atom. The summed E-state index contributed by atoms with van der Waals surface area (Å²) in [7, 11) is 1.64. The first-order valence-corrected chi connectivity index (χ1v) is 8.88. The minimum absolute atomic E-state index is 0.163. The fourth-order valence-corrected chi connectivity index (χ4v) is 3.45. The van der Waals surface area contributed by atoms with E-state index in [1.807, 2.05) is 55.5 Å². The highest BCUT2D eigenvalue weighted by Gasteiger charge is 2.46. The lowest BCUT2D eigenvalue weighted by Gasteiger charge is -2.31. The van der Waals surface area contributed by atoms with Crippen molar-refractivity contribution >= 4 is 17.8 Å². The zero-order chi connectivity index (χ0) is 20.1. The first-order chi connectivity index (χ1) is 13.5. The van der Waals surface area contributed by atoms with Crippen molar-refractivity contribution in [1.29, 1.82) is 0 Å². The van der Waals surface area contributed by atoms with Gasteiger partial charge in [0.15, 0.2) is 5.54 Å². The van der Waals surface area contributed by atoms with Crippen molar-refractivity contribution in [2.24, 2.45) is 21.5 Å². The Morgan fingerprint density at radius 1 is 1.25 bits per heavy atom. The number of benzene rings is 2. The number of nitrogens with two attached hydrogens (primary N) is 2. The van der Waals surface area contributed by atoms with Gasteiger partial charge in [-0.3, -0.25) is 4.99 Å². The number of rotatable bonds is 6. The minimum Gasteiger partial charge on any atom is -0.497 e. The highest BCUT2D eigenvalue weighted by molar-refractivity contribution is 6.09. The molecule has 0 saturated heterocycles. The van der Waals surface area contributed by atoms with E-state index in [2.05, 4.69) is 11.6 Å². The van der Waals surface area contributed by atoms with E-state index >= 15 is 0 Å². The van der Waals surface area contributed by atoms with Gasteiger partial charge in [0.25, 0.3) is 6.02 Å². The summed E-state index contributed by atoms with van der Waals surface area (Å²) < 4.78 is 11.0. The third-order valence-electron chi connectivity index (χ3n) is 4.84. The van der Waals surface area contributed by atoms with Crippen LogP contribution in [-0.2, 0) is 10.3 Å². The van der Waals surface area contributed by atoms with Crippen LogP contribution in [0, 0.1) is 0 Å². The number of ether oxygens (including phenoxy) is 2. The van der Waals surface area contributed by atoms with Gasteiger partial charge < -0.3 is 20.9 Å². The first kappa shape index (κ1) is 19.2. The van der Waals surface area contributed by atoms with Crippen molar-refractivity contribution in [1.82, 2.24) is 0 Å². The Balaban J connectivity index is 2.16. The lowest BCUT2D eigenvalue weighted by Crippen LogP contribution is -2.34. The lowest BCUT2D eigenvalue weighted by molar-refractivity contribution is 0.174. The third-order valence-corrected chi connectivity index (χ3v) is 4.84. The van der Waals surface area contributed by atoms with Crippen molar-refractivity contribution in [2.75, 3.05) is 7.11 Å². The predicted octanol–water partition coefficient (Wildman–Crippen LogP) is 3.19. The summed E-state index contributed by atoms with van der Waals surface area (Å²) in [6.07, 6.45) is 4.35. The Labute approximate surface area is 164 Å². The SMILES string of the molecule is C=C/N=C\C(=C/N)c1cccc(C2(c3ccc(OC)cc3)N=C(N)OC2C)c1. The van der Waals surface area contributed by atoms with Crippen LogP contribution in [0.3, 0.4) is 0 Å². The van der Waals surface area contributed by atoms with Gasteiger partial charge in [0.05, 0.1) is 7.11 Å². The molecular weight excluding hydrogens is 352 g/mol. The van der Waals surface area contributed by atoms with Gasteiger partial charge in [0.2, 0.25) is 0 Å². The zero-order valence-electron chi connectivity index (χ0n) is 16.0. The molecule has 28 heavy (non-hydrogen) atoms. The molecule has 2 aromatic rings. The summed E-state index contributed by atoms with van der Waals surface area (Å²) >= 11 is 0. The molecule has 2 atom stereocenters. The quantitative estimate of drug-likeness (QED) is 0.757. The molecule has 2 unspecified atom stereocenters. The fraction of sp³-hybridized carbons (Fsp3) is 0.182. The summed E-state index contributed by atoms with van der Waals surface area (Å²) in [4.78, 5) is 8.79. The van der Waals surface area contributed by atoms with E-state index in [-0.39, 0.29) is 12.1 Å². The lowest BCUT2D eigenvalue weighted by atomic mass is 9.79. The molecule has 0 aromatic heterocycles. The van der Waals surface area contributed by atoms with Crippen molar-refractivity contribution < 1.29 is 9.47 Å². The van der Waals surface area contributed by atoms with E-state index in [1.54, 1.807) is 13.3 Å². The van der Waals surface area contributed by atoms with Crippen LogP contribution >= 0.6 is 0 Å². The topological polar surface area (TPSA) is 95.2 Å². The summed E-state index contributed by atoms with van der Waals surface area (Å²) in [5.41, 5.74) is 14.6. The molecule has 0 radical (unpaired) electrons. The van der Waals surface area contributed by atoms with Crippen molar-refractivity contribution in [2.45, 2.75) is 18.6 Å². The Morgan fingerprint density at radius 2 is 2.00 bits per heavy atom. The average molecular weight is 376 g/mol. The van der Waals surface area contributed by atoms with Crippen LogP contribution in [-0.4, -0.2) is 25.5 Å². The van der Waals surface area contributed by atoms with Crippen molar-refractivity contribution in [3.8, 4) is 5.75 Å². The minimum atomic E-state index is -0.776.